The highest BCUT2D eigenvalue weighted by Crippen LogP contribution is 2.23. The molecule has 2 N–H and O–H groups in total. The molecular formula is C21H27BrN2O. The average Bonchev–Trinajstić information content (AvgIpc) is 2.63. The molecule has 4 heteroatoms. The Morgan fingerprint density at radius 2 is 1.60 bits per heavy atom. The van der Waals surface area contributed by atoms with Crippen molar-refractivity contribution in [2.45, 2.75) is 46.1 Å². The van der Waals surface area contributed by atoms with Crippen molar-refractivity contribution in [2.75, 3.05) is 11.9 Å². The molecule has 2 rings (SSSR count). The minimum atomic E-state index is 0.00571. The minimum Gasteiger partial charge on any atom is -0.324 e. The third kappa shape index (κ3) is 5.41. The van der Waals surface area contributed by atoms with Crippen LogP contribution in [0.5, 0.6) is 0 Å². The summed E-state index contributed by atoms with van der Waals surface area (Å²) in [5, 5.41) is 6.48. The number of aryl methyl sites for hydroxylation is 2. The highest BCUT2D eigenvalue weighted by atomic mass is 79.9. The molecular weight excluding hydrogens is 376 g/mol. The molecule has 2 aromatic carbocycles. The van der Waals surface area contributed by atoms with Crippen LogP contribution in [0.4, 0.5) is 5.69 Å². The van der Waals surface area contributed by atoms with E-state index in [9.17, 15) is 4.79 Å². The lowest BCUT2D eigenvalue weighted by atomic mass is 10.0. The number of halogens is 1. The summed E-state index contributed by atoms with van der Waals surface area (Å²) in [6.07, 6.45) is 2.75. The first-order chi connectivity index (χ1) is 12.1. The number of amides is 1. The Hall–Kier alpha value is -1.65. The first-order valence-corrected chi connectivity index (χ1v) is 9.77. The van der Waals surface area contributed by atoms with Crippen LogP contribution in [0.1, 0.15) is 49.9 Å². The number of rotatable bonds is 8. The molecule has 1 atom stereocenters. The molecule has 0 radical (unpaired) electrons. The Kier molecular flexibility index (Phi) is 7.66. The van der Waals surface area contributed by atoms with E-state index in [2.05, 4.69) is 77.7 Å². The Balaban J connectivity index is 2.01. The summed E-state index contributed by atoms with van der Waals surface area (Å²) >= 11 is 3.46. The highest BCUT2D eigenvalue weighted by Gasteiger charge is 2.13. The lowest BCUT2D eigenvalue weighted by Gasteiger charge is -2.19. The summed E-state index contributed by atoms with van der Waals surface area (Å²) in [5.74, 6) is 0.00571. The summed E-state index contributed by atoms with van der Waals surface area (Å²) in [6, 6.07) is 14.6. The fraction of sp³-hybridized carbons (Fsp3) is 0.381. The van der Waals surface area contributed by atoms with Crippen LogP contribution in [0, 0.1) is 0 Å². The first kappa shape index (κ1) is 19.7. The monoisotopic (exact) mass is 402 g/mol. The van der Waals surface area contributed by atoms with Crippen molar-refractivity contribution >= 4 is 27.5 Å². The molecule has 0 bridgehead atoms. The van der Waals surface area contributed by atoms with Crippen LogP contribution in [-0.2, 0) is 17.6 Å². The van der Waals surface area contributed by atoms with Crippen molar-refractivity contribution in [3.63, 3.8) is 0 Å². The molecule has 0 aliphatic carbocycles. The number of hydrogen-bond acceptors (Lipinski definition) is 2. The predicted octanol–water partition coefficient (Wildman–Crippen LogP) is 5.25. The standard InChI is InChI=1S/C21H27BrN2O/c1-4-15-8-7-9-16(5-2)21(15)24-20(25)14-23-19(6-3)17-10-12-18(22)13-11-17/h7-13,19,23H,4-6,14H2,1-3H3,(H,24,25)/t19-/m1/s1. The van der Waals surface area contributed by atoms with E-state index in [1.807, 2.05) is 12.1 Å². The van der Waals surface area contributed by atoms with E-state index in [0.717, 1.165) is 29.4 Å². The smallest absolute Gasteiger partial charge is 0.238 e. The second-order valence-electron chi connectivity index (χ2n) is 6.10. The van der Waals surface area contributed by atoms with Gasteiger partial charge in [-0.15, -0.1) is 0 Å². The van der Waals surface area contributed by atoms with Gasteiger partial charge >= 0.3 is 0 Å². The Morgan fingerprint density at radius 1 is 1.00 bits per heavy atom. The molecule has 1 amide bonds. The third-order valence-electron chi connectivity index (χ3n) is 4.45. The molecule has 134 valence electrons. The van der Waals surface area contributed by atoms with Crippen LogP contribution in [0.3, 0.4) is 0 Å². The molecule has 0 heterocycles. The number of nitrogens with one attached hydrogen (secondary N) is 2. The van der Waals surface area contributed by atoms with Gasteiger partial charge in [-0.1, -0.05) is 67.0 Å². The molecule has 0 saturated carbocycles. The molecule has 0 spiro atoms. The van der Waals surface area contributed by atoms with E-state index in [1.54, 1.807) is 0 Å². The molecule has 0 aromatic heterocycles. The lowest BCUT2D eigenvalue weighted by molar-refractivity contribution is -0.115. The number of carbonyl (C=O) groups is 1. The van der Waals surface area contributed by atoms with Crippen LogP contribution < -0.4 is 10.6 Å². The summed E-state index contributed by atoms with van der Waals surface area (Å²) < 4.78 is 1.06. The summed E-state index contributed by atoms with van der Waals surface area (Å²) in [4.78, 5) is 12.5. The van der Waals surface area contributed by atoms with Gasteiger partial charge in [0.05, 0.1) is 6.54 Å². The zero-order valence-electron chi connectivity index (χ0n) is 15.2. The van der Waals surface area contributed by atoms with Gasteiger partial charge in [0.15, 0.2) is 0 Å². The van der Waals surface area contributed by atoms with Crippen LogP contribution in [0.15, 0.2) is 46.9 Å². The molecule has 3 nitrogen and oxygen atoms in total. The van der Waals surface area contributed by atoms with Gasteiger partial charge in [0.2, 0.25) is 5.91 Å². The highest BCUT2D eigenvalue weighted by molar-refractivity contribution is 9.10. The maximum Gasteiger partial charge on any atom is 0.238 e. The Bertz CT molecular complexity index is 675. The largest absolute Gasteiger partial charge is 0.324 e. The quantitative estimate of drug-likeness (QED) is 0.632. The van der Waals surface area contributed by atoms with Crippen molar-refractivity contribution in [1.82, 2.24) is 5.32 Å². The van der Waals surface area contributed by atoms with E-state index < -0.39 is 0 Å². The maximum atomic E-state index is 12.5. The van der Waals surface area contributed by atoms with Crippen LogP contribution in [0.2, 0.25) is 0 Å². The average molecular weight is 403 g/mol. The normalized spacial score (nSPS) is 12.0. The number of hydrogen-bond donors (Lipinski definition) is 2. The van der Waals surface area contributed by atoms with Gasteiger partial charge in [-0.05, 0) is 48.1 Å². The van der Waals surface area contributed by atoms with Crippen molar-refractivity contribution in [2.24, 2.45) is 0 Å². The lowest BCUT2D eigenvalue weighted by Crippen LogP contribution is -2.31. The van der Waals surface area contributed by atoms with Gasteiger partial charge in [0.1, 0.15) is 0 Å². The number of anilines is 1. The second-order valence-corrected chi connectivity index (χ2v) is 7.02. The molecule has 0 fully saturated rings. The Morgan fingerprint density at radius 3 is 2.12 bits per heavy atom. The van der Waals surface area contributed by atoms with Crippen molar-refractivity contribution in [3.05, 3.63) is 63.6 Å². The van der Waals surface area contributed by atoms with Gasteiger partial charge in [0.25, 0.3) is 0 Å². The summed E-state index contributed by atoms with van der Waals surface area (Å²) in [5.41, 5.74) is 4.55. The van der Waals surface area contributed by atoms with Crippen LogP contribution in [-0.4, -0.2) is 12.5 Å². The fourth-order valence-corrected chi connectivity index (χ4v) is 3.26. The molecule has 2 aromatic rings. The molecule has 0 unspecified atom stereocenters. The van der Waals surface area contributed by atoms with Gasteiger partial charge in [-0.3, -0.25) is 4.79 Å². The van der Waals surface area contributed by atoms with E-state index in [0.29, 0.717) is 6.54 Å². The molecule has 0 aliphatic rings. The number of carbonyl (C=O) groups excluding carboxylic acids is 1. The summed E-state index contributed by atoms with van der Waals surface area (Å²) in [6.45, 7) is 6.65. The Labute approximate surface area is 159 Å². The molecule has 0 saturated heterocycles. The van der Waals surface area contributed by atoms with Crippen molar-refractivity contribution in [1.29, 1.82) is 0 Å². The molecule has 25 heavy (non-hydrogen) atoms. The fourth-order valence-electron chi connectivity index (χ4n) is 3.00. The third-order valence-corrected chi connectivity index (χ3v) is 4.98. The van der Waals surface area contributed by atoms with Gasteiger partial charge in [0, 0.05) is 16.2 Å². The van der Waals surface area contributed by atoms with E-state index in [1.165, 1.54) is 16.7 Å². The van der Waals surface area contributed by atoms with Gasteiger partial charge in [-0.2, -0.15) is 0 Å². The van der Waals surface area contributed by atoms with Gasteiger partial charge < -0.3 is 10.6 Å². The summed E-state index contributed by atoms with van der Waals surface area (Å²) in [7, 11) is 0. The predicted molar refractivity (Wildman–Crippen MR) is 109 cm³/mol. The van der Waals surface area contributed by atoms with Crippen molar-refractivity contribution in [3.8, 4) is 0 Å². The van der Waals surface area contributed by atoms with Gasteiger partial charge in [-0.25, -0.2) is 0 Å². The second kappa shape index (κ2) is 9.73. The number of benzene rings is 2. The topological polar surface area (TPSA) is 41.1 Å². The van der Waals surface area contributed by atoms with Crippen LogP contribution in [0.25, 0.3) is 0 Å². The number of para-hydroxylation sites is 1. The first-order valence-electron chi connectivity index (χ1n) is 8.98. The van der Waals surface area contributed by atoms with Crippen LogP contribution >= 0.6 is 15.9 Å². The SMILES string of the molecule is CCc1cccc(CC)c1NC(=O)CN[C@H](CC)c1ccc(Br)cc1. The van der Waals surface area contributed by atoms with E-state index in [-0.39, 0.29) is 11.9 Å². The van der Waals surface area contributed by atoms with E-state index in [4.69, 9.17) is 0 Å². The minimum absolute atomic E-state index is 0.00571. The maximum absolute atomic E-state index is 12.5. The van der Waals surface area contributed by atoms with Crippen molar-refractivity contribution < 1.29 is 4.79 Å². The zero-order valence-corrected chi connectivity index (χ0v) is 16.8. The zero-order chi connectivity index (χ0) is 18.2. The molecule has 0 aliphatic heterocycles. The van der Waals surface area contributed by atoms with E-state index >= 15 is 0 Å².